The van der Waals surface area contributed by atoms with Crippen LogP contribution in [0.3, 0.4) is 0 Å². The number of nitrogens with zero attached hydrogens (tertiary/aromatic N) is 4. The quantitative estimate of drug-likeness (QED) is 0.293. The summed E-state index contributed by atoms with van der Waals surface area (Å²) in [7, 11) is 0. The van der Waals surface area contributed by atoms with Crippen molar-refractivity contribution in [2.24, 2.45) is 0 Å². The topological polar surface area (TPSA) is 75.6 Å². The number of thiazole rings is 1. The summed E-state index contributed by atoms with van der Waals surface area (Å²) in [6.45, 7) is 4.10. The molecule has 0 saturated carbocycles. The van der Waals surface area contributed by atoms with E-state index in [0.717, 1.165) is 37.1 Å². The summed E-state index contributed by atoms with van der Waals surface area (Å²) in [6, 6.07) is 24.2. The number of benzene rings is 3. The fourth-order valence-corrected chi connectivity index (χ4v) is 5.07. The zero-order chi connectivity index (χ0) is 21.9. The Balaban J connectivity index is 1.50. The monoisotopic (exact) mass is 456 g/mol. The summed E-state index contributed by atoms with van der Waals surface area (Å²) in [5.74, 6) is 0.961. The SMILES string of the molecule is Cc1ccccc1Nc1nc(Nc2ccccc2C)nc(Sc2nc3ccccc3s2)n1. The molecule has 0 amide bonds. The van der Waals surface area contributed by atoms with Crippen molar-refractivity contribution in [1.29, 1.82) is 0 Å². The van der Waals surface area contributed by atoms with Crippen molar-refractivity contribution in [3.05, 3.63) is 83.9 Å². The minimum atomic E-state index is 0.481. The van der Waals surface area contributed by atoms with Gasteiger partial charge < -0.3 is 10.6 Å². The molecule has 5 aromatic rings. The van der Waals surface area contributed by atoms with Crippen LogP contribution in [0.5, 0.6) is 0 Å². The minimum absolute atomic E-state index is 0.481. The van der Waals surface area contributed by atoms with E-state index in [1.165, 1.54) is 11.8 Å². The van der Waals surface area contributed by atoms with Crippen LogP contribution in [0, 0.1) is 13.8 Å². The Labute approximate surface area is 194 Å². The molecular formula is C24H20N6S2. The van der Waals surface area contributed by atoms with E-state index >= 15 is 0 Å². The number of aromatic nitrogens is 4. The van der Waals surface area contributed by atoms with E-state index in [9.17, 15) is 0 Å². The van der Waals surface area contributed by atoms with Crippen LogP contribution < -0.4 is 10.6 Å². The predicted molar refractivity (Wildman–Crippen MR) is 132 cm³/mol. The lowest BCUT2D eigenvalue weighted by Crippen LogP contribution is -2.06. The lowest BCUT2D eigenvalue weighted by molar-refractivity contribution is 0.919. The molecule has 2 heterocycles. The molecule has 0 atom stereocenters. The van der Waals surface area contributed by atoms with Crippen LogP contribution in [0.4, 0.5) is 23.3 Å². The van der Waals surface area contributed by atoms with Crippen molar-refractivity contribution < 1.29 is 0 Å². The van der Waals surface area contributed by atoms with Crippen molar-refractivity contribution in [3.8, 4) is 0 Å². The summed E-state index contributed by atoms with van der Waals surface area (Å²) < 4.78 is 2.03. The number of para-hydroxylation sites is 3. The molecule has 3 aromatic carbocycles. The van der Waals surface area contributed by atoms with E-state index < -0.39 is 0 Å². The van der Waals surface area contributed by atoms with Gasteiger partial charge in [-0.15, -0.1) is 11.3 Å². The molecule has 0 spiro atoms. The predicted octanol–water partition coefficient (Wildman–Crippen LogP) is 6.74. The Hall–Kier alpha value is -3.49. The molecule has 6 nitrogen and oxygen atoms in total. The van der Waals surface area contributed by atoms with Gasteiger partial charge in [0.15, 0.2) is 4.34 Å². The molecule has 0 aliphatic heterocycles. The lowest BCUT2D eigenvalue weighted by Gasteiger charge is -2.12. The molecule has 5 rings (SSSR count). The van der Waals surface area contributed by atoms with Gasteiger partial charge in [0.1, 0.15) is 0 Å². The number of hydrogen-bond donors (Lipinski definition) is 2. The summed E-state index contributed by atoms with van der Waals surface area (Å²) in [6.07, 6.45) is 0. The highest BCUT2D eigenvalue weighted by Gasteiger charge is 2.13. The Morgan fingerprint density at radius 2 is 1.22 bits per heavy atom. The Morgan fingerprint density at radius 1 is 0.656 bits per heavy atom. The van der Waals surface area contributed by atoms with E-state index in [2.05, 4.69) is 31.7 Å². The second-order valence-corrected chi connectivity index (χ2v) is 9.44. The standard InChI is InChI=1S/C24H20N6S2/c1-15-9-3-5-11-17(15)25-21-28-22(26-18-12-6-4-10-16(18)2)30-23(29-21)32-24-27-19-13-7-8-14-20(19)31-24/h3-14H,1-2H3,(H2,25,26,28,29,30). The first-order chi connectivity index (χ1) is 15.6. The summed E-state index contributed by atoms with van der Waals surface area (Å²) in [4.78, 5) is 18.6. The molecule has 0 radical (unpaired) electrons. The molecule has 2 N–H and O–H groups in total. The number of rotatable bonds is 6. The highest BCUT2D eigenvalue weighted by molar-refractivity contribution is 8.01. The normalized spacial score (nSPS) is 10.9. The van der Waals surface area contributed by atoms with Gasteiger partial charge in [0, 0.05) is 11.4 Å². The Bertz CT molecular complexity index is 1300. The number of aryl methyl sites for hydroxylation is 2. The van der Waals surface area contributed by atoms with E-state index in [-0.39, 0.29) is 0 Å². The first-order valence-corrected chi connectivity index (χ1v) is 11.7. The van der Waals surface area contributed by atoms with Gasteiger partial charge in [0.25, 0.3) is 0 Å². The van der Waals surface area contributed by atoms with E-state index in [1.807, 2.05) is 80.6 Å². The van der Waals surface area contributed by atoms with Crippen molar-refractivity contribution in [1.82, 2.24) is 19.9 Å². The largest absolute Gasteiger partial charge is 0.324 e. The summed E-state index contributed by atoms with van der Waals surface area (Å²) in [5.41, 5.74) is 5.11. The zero-order valence-corrected chi connectivity index (χ0v) is 19.2. The number of hydrogen-bond acceptors (Lipinski definition) is 8. The maximum atomic E-state index is 4.70. The first-order valence-electron chi connectivity index (χ1n) is 10.1. The summed E-state index contributed by atoms with van der Waals surface area (Å²) in [5, 5.41) is 7.24. The highest BCUT2D eigenvalue weighted by Crippen LogP contribution is 2.34. The molecule has 0 aliphatic rings. The molecule has 0 fully saturated rings. The number of anilines is 4. The average molecular weight is 457 g/mol. The van der Waals surface area contributed by atoms with Crippen molar-refractivity contribution in [2.75, 3.05) is 10.6 Å². The molecule has 32 heavy (non-hydrogen) atoms. The van der Waals surface area contributed by atoms with E-state index in [0.29, 0.717) is 17.1 Å². The highest BCUT2D eigenvalue weighted by atomic mass is 32.2. The van der Waals surface area contributed by atoms with Gasteiger partial charge in [0.05, 0.1) is 10.2 Å². The van der Waals surface area contributed by atoms with Gasteiger partial charge in [-0.3, -0.25) is 0 Å². The second-order valence-electron chi connectivity index (χ2n) is 7.19. The molecular weight excluding hydrogens is 436 g/mol. The van der Waals surface area contributed by atoms with Crippen LogP contribution in [-0.4, -0.2) is 19.9 Å². The van der Waals surface area contributed by atoms with E-state index in [4.69, 9.17) is 4.98 Å². The molecule has 2 aromatic heterocycles. The van der Waals surface area contributed by atoms with Crippen LogP contribution in [-0.2, 0) is 0 Å². The molecule has 0 unspecified atom stereocenters. The van der Waals surface area contributed by atoms with Gasteiger partial charge >= 0.3 is 0 Å². The van der Waals surface area contributed by atoms with Gasteiger partial charge in [-0.2, -0.15) is 15.0 Å². The lowest BCUT2D eigenvalue weighted by atomic mass is 10.2. The maximum absolute atomic E-state index is 4.70. The smallest absolute Gasteiger partial charge is 0.233 e. The fraction of sp³-hybridized carbons (Fsp3) is 0.0833. The van der Waals surface area contributed by atoms with Gasteiger partial charge in [0.2, 0.25) is 17.1 Å². The first kappa shape index (κ1) is 20.4. The Kier molecular flexibility index (Phi) is 5.70. The molecule has 0 aliphatic carbocycles. The second kappa shape index (κ2) is 8.94. The van der Waals surface area contributed by atoms with Crippen LogP contribution in [0.25, 0.3) is 10.2 Å². The number of fused-ring (bicyclic) bond motifs is 1. The Morgan fingerprint density at radius 3 is 1.81 bits per heavy atom. The fourth-order valence-electron chi connectivity index (χ4n) is 3.15. The molecule has 158 valence electrons. The molecule has 0 bridgehead atoms. The van der Waals surface area contributed by atoms with Gasteiger partial charge in [-0.25, -0.2) is 4.98 Å². The van der Waals surface area contributed by atoms with Crippen LogP contribution in [0.15, 0.2) is 82.3 Å². The maximum Gasteiger partial charge on any atom is 0.233 e. The average Bonchev–Trinajstić information content (AvgIpc) is 3.19. The van der Waals surface area contributed by atoms with Gasteiger partial charge in [-0.05, 0) is 61.0 Å². The van der Waals surface area contributed by atoms with Gasteiger partial charge in [-0.1, -0.05) is 48.5 Å². The third-order valence-corrected chi connectivity index (χ3v) is 6.81. The summed E-state index contributed by atoms with van der Waals surface area (Å²) >= 11 is 3.06. The number of nitrogens with one attached hydrogen (secondary N) is 2. The third kappa shape index (κ3) is 4.56. The molecule has 0 saturated heterocycles. The molecule has 8 heteroatoms. The van der Waals surface area contributed by atoms with Crippen molar-refractivity contribution in [3.63, 3.8) is 0 Å². The van der Waals surface area contributed by atoms with Crippen molar-refractivity contribution >= 4 is 56.6 Å². The van der Waals surface area contributed by atoms with Crippen LogP contribution in [0.1, 0.15) is 11.1 Å². The minimum Gasteiger partial charge on any atom is -0.324 e. The van der Waals surface area contributed by atoms with Crippen molar-refractivity contribution in [2.45, 2.75) is 23.3 Å². The van der Waals surface area contributed by atoms with E-state index in [1.54, 1.807) is 11.3 Å². The van der Waals surface area contributed by atoms with Crippen LogP contribution in [0.2, 0.25) is 0 Å². The third-order valence-electron chi connectivity index (χ3n) is 4.85. The zero-order valence-electron chi connectivity index (χ0n) is 17.5. The van der Waals surface area contributed by atoms with Crippen LogP contribution >= 0.6 is 23.1 Å².